The van der Waals surface area contributed by atoms with Crippen LogP contribution in [0.15, 0.2) is 36.4 Å². The van der Waals surface area contributed by atoms with E-state index in [4.69, 9.17) is 9.47 Å². The molecule has 152 valence electrons. The van der Waals surface area contributed by atoms with Gasteiger partial charge in [-0.05, 0) is 66.5 Å². The summed E-state index contributed by atoms with van der Waals surface area (Å²) in [5, 5.41) is 0. The molecule has 0 bridgehead atoms. The number of carbonyl (C=O) groups is 3. The van der Waals surface area contributed by atoms with Gasteiger partial charge in [-0.15, -0.1) is 0 Å². The number of esters is 1. The second-order valence-corrected chi connectivity index (χ2v) is 9.11. The first kappa shape index (κ1) is 21.7. The van der Waals surface area contributed by atoms with Crippen molar-refractivity contribution < 1.29 is 23.9 Å². The summed E-state index contributed by atoms with van der Waals surface area (Å²) in [6.45, 7) is 12.4. The maximum absolute atomic E-state index is 13.2. The van der Waals surface area contributed by atoms with Crippen LogP contribution in [0.1, 0.15) is 60.5 Å². The van der Waals surface area contributed by atoms with Crippen molar-refractivity contribution in [3.8, 4) is 0 Å². The van der Waals surface area contributed by atoms with Gasteiger partial charge in [0.15, 0.2) is 0 Å². The minimum atomic E-state index is -0.980. The lowest BCUT2D eigenvalue weighted by atomic mass is 9.80. The summed E-state index contributed by atoms with van der Waals surface area (Å²) in [6, 6.07) is 7.13. The molecule has 1 aliphatic heterocycles. The molecule has 6 heteroatoms. The van der Waals surface area contributed by atoms with Crippen LogP contribution in [0, 0.1) is 0 Å². The average Bonchev–Trinajstić information content (AvgIpc) is 2.73. The Kier molecular flexibility index (Phi) is 5.74. The van der Waals surface area contributed by atoms with Crippen molar-refractivity contribution in [3.63, 3.8) is 0 Å². The number of imide groups is 1. The minimum absolute atomic E-state index is 0.251. The number of allylic oxidation sites excluding steroid dienone is 1. The van der Waals surface area contributed by atoms with Gasteiger partial charge in [-0.1, -0.05) is 24.3 Å². The van der Waals surface area contributed by atoms with Crippen molar-refractivity contribution >= 4 is 23.7 Å². The van der Waals surface area contributed by atoms with Crippen LogP contribution in [-0.2, 0) is 24.5 Å². The largest absolute Gasteiger partial charge is 0.457 e. The normalized spacial score (nSPS) is 19.7. The molecule has 1 heterocycles. The summed E-state index contributed by atoms with van der Waals surface area (Å²) < 4.78 is 10.7. The van der Waals surface area contributed by atoms with Crippen molar-refractivity contribution in [1.82, 2.24) is 0 Å². The van der Waals surface area contributed by atoms with Crippen molar-refractivity contribution in [1.29, 1.82) is 0 Å². The number of hydrogen-bond donors (Lipinski definition) is 0. The van der Waals surface area contributed by atoms with Gasteiger partial charge in [0.2, 0.25) is 5.91 Å². The van der Waals surface area contributed by atoms with Crippen LogP contribution in [0.3, 0.4) is 0 Å². The highest BCUT2D eigenvalue weighted by Crippen LogP contribution is 2.44. The first-order chi connectivity index (χ1) is 12.7. The van der Waals surface area contributed by atoms with E-state index < -0.39 is 28.7 Å². The zero-order valence-electron chi connectivity index (χ0n) is 17.7. The first-order valence-electron chi connectivity index (χ1n) is 9.31. The molecule has 0 saturated carbocycles. The van der Waals surface area contributed by atoms with Crippen molar-refractivity contribution in [2.75, 3.05) is 4.90 Å². The van der Waals surface area contributed by atoms with Gasteiger partial charge in [0.1, 0.15) is 11.2 Å². The number of carbonyl (C=O) groups excluding carboxylic acids is 3. The van der Waals surface area contributed by atoms with Crippen LogP contribution in [-0.4, -0.2) is 29.2 Å². The van der Waals surface area contributed by atoms with Crippen LogP contribution < -0.4 is 4.90 Å². The Morgan fingerprint density at radius 2 is 1.61 bits per heavy atom. The SMILES string of the molecule is CC(C)(C)OC(=O)/C=C/C[C@]1(C)C(=O)N(C(=O)OC(C)(C)C)c2ccccc21. The molecule has 1 atom stereocenters. The molecule has 1 aromatic carbocycles. The van der Waals surface area contributed by atoms with Crippen LogP contribution >= 0.6 is 0 Å². The van der Waals surface area contributed by atoms with Crippen molar-refractivity contribution in [2.45, 2.75) is 71.5 Å². The fourth-order valence-corrected chi connectivity index (χ4v) is 3.02. The predicted molar refractivity (Wildman–Crippen MR) is 107 cm³/mol. The number of rotatable bonds is 3. The molecule has 0 aliphatic carbocycles. The van der Waals surface area contributed by atoms with Gasteiger partial charge >= 0.3 is 12.1 Å². The van der Waals surface area contributed by atoms with Gasteiger partial charge in [0.25, 0.3) is 0 Å². The molecule has 2 rings (SSSR count). The Hall–Kier alpha value is -2.63. The third-order valence-electron chi connectivity index (χ3n) is 4.18. The van der Waals surface area contributed by atoms with Crippen molar-refractivity contribution in [3.05, 3.63) is 42.0 Å². The summed E-state index contributed by atoms with van der Waals surface area (Å²) in [6.07, 6.45) is 2.48. The third-order valence-corrected chi connectivity index (χ3v) is 4.18. The standard InChI is InChI=1S/C22H29NO5/c1-20(2,3)27-17(24)13-10-14-22(7)15-11-8-9-12-16(15)23(18(22)25)19(26)28-21(4,5)6/h8-13H,14H2,1-7H3/b13-10+/t22-/m0/s1. The number of ether oxygens (including phenoxy) is 2. The summed E-state index contributed by atoms with van der Waals surface area (Å²) in [5.74, 6) is -0.851. The fraction of sp³-hybridized carbons (Fsp3) is 0.500. The summed E-state index contributed by atoms with van der Waals surface area (Å²) >= 11 is 0. The predicted octanol–water partition coefficient (Wildman–Crippen LogP) is 4.51. The number of hydrogen-bond acceptors (Lipinski definition) is 5. The van der Waals surface area contributed by atoms with Crippen LogP contribution in [0.25, 0.3) is 0 Å². The monoisotopic (exact) mass is 387 g/mol. The first-order valence-corrected chi connectivity index (χ1v) is 9.31. The second kappa shape index (κ2) is 7.41. The van der Waals surface area contributed by atoms with Crippen molar-refractivity contribution in [2.24, 2.45) is 0 Å². The van der Waals surface area contributed by atoms with E-state index in [0.717, 1.165) is 10.5 Å². The lowest BCUT2D eigenvalue weighted by Gasteiger charge is -2.25. The van der Waals surface area contributed by atoms with Gasteiger partial charge in [0, 0.05) is 6.08 Å². The maximum Gasteiger partial charge on any atom is 0.421 e. The van der Waals surface area contributed by atoms with Gasteiger partial charge < -0.3 is 9.47 Å². The lowest BCUT2D eigenvalue weighted by Crippen LogP contribution is -2.44. The smallest absolute Gasteiger partial charge is 0.421 e. The number of fused-ring (bicyclic) bond motifs is 1. The van der Waals surface area contributed by atoms with Crippen LogP contribution in [0.4, 0.5) is 10.5 Å². The highest BCUT2D eigenvalue weighted by Gasteiger charge is 2.50. The molecule has 0 unspecified atom stereocenters. The molecule has 0 spiro atoms. The number of nitrogens with zero attached hydrogens (tertiary/aromatic N) is 1. The molecule has 0 radical (unpaired) electrons. The molecule has 1 aromatic rings. The Labute approximate surface area is 166 Å². The van der Waals surface area contributed by atoms with E-state index in [1.807, 2.05) is 12.1 Å². The van der Waals surface area contributed by atoms with Crippen LogP contribution in [0.5, 0.6) is 0 Å². The summed E-state index contributed by atoms with van der Waals surface area (Å²) in [5.41, 5.74) is -1.06. The Balaban J connectivity index is 2.29. The van der Waals surface area contributed by atoms with E-state index >= 15 is 0 Å². The zero-order chi connectivity index (χ0) is 21.3. The van der Waals surface area contributed by atoms with Gasteiger partial charge in [0.05, 0.1) is 11.1 Å². The quantitative estimate of drug-likeness (QED) is 0.563. The van der Waals surface area contributed by atoms with Gasteiger partial charge in [-0.3, -0.25) is 4.79 Å². The molecule has 1 aliphatic rings. The Morgan fingerprint density at radius 1 is 1.04 bits per heavy atom. The van der Waals surface area contributed by atoms with Gasteiger partial charge in [-0.2, -0.15) is 0 Å². The van der Waals surface area contributed by atoms with Crippen LogP contribution in [0.2, 0.25) is 0 Å². The van der Waals surface area contributed by atoms with E-state index in [1.54, 1.807) is 66.7 Å². The maximum atomic E-state index is 13.2. The van der Waals surface area contributed by atoms with E-state index in [9.17, 15) is 14.4 Å². The molecule has 0 saturated heterocycles. The zero-order valence-corrected chi connectivity index (χ0v) is 17.7. The molecular weight excluding hydrogens is 358 g/mol. The van der Waals surface area contributed by atoms with E-state index in [0.29, 0.717) is 5.69 Å². The van der Waals surface area contributed by atoms with E-state index in [-0.39, 0.29) is 12.3 Å². The number of amides is 2. The highest BCUT2D eigenvalue weighted by molar-refractivity contribution is 6.21. The molecule has 2 amide bonds. The topological polar surface area (TPSA) is 72.9 Å². The number of para-hydroxylation sites is 1. The van der Waals surface area contributed by atoms with E-state index in [2.05, 4.69) is 0 Å². The van der Waals surface area contributed by atoms with E-state index in [1.165, 1.54) is 6.08 Å². The number of anilines is 1. The molecule has 0 N–H and O–H groups in total. The highest BCUT2D eigenvalue weighted by atomic mass is 16.6. The lowest BCUT2D eigenvalue weighted by molar-refractivity contribution is -0.148. The molecular formula is C22H29NO5. The summed E-state index contributed by atoms with van der Waals surface area (Å²) in [7, 11) is 0. The molecule has 0 aromatic heterocycles. The number of benzene rings is 1. The Bertz CT molecular complexity index is 813. The minimum Gasteiger partial charge on any atom is -0.457 e. The second-order valence-electron chi connectivity index (χ2n) is 9.11. The third kappa shape index (κ3) is 4.80. The average molecular weight is 387 g/mol. The Morgan fingerprint density at radius 3 is 2.18 bits per heavy atom. The molecule has 0 fully saturated rings. The molecule has 28 heavy (non-hydrogen) atoms. The summed E-state index contributed by atoms with van der Waals surface area (Å²) in [4.78, 5) is 38.8. The fourth-order valence-electron chi connectivity index (χ4n) is 3.02. The van der Waals surface area contributed by atoms with Gasteiger partial charge in [-0.25, -0.2) is 14.5 Å². The molecule has 6 nitrogen and oxygen atoms in total.